The number of benzene rings is 1. The fourth-order valence-corrected chi connectivity index (χ4v) is 1.83. The van der Waals surface area contributed by atoms with Crippen LogP contribution in [0, 0.1) is 10.1 Å². The quantitative estimate of drug-likeness (QED) is 0.372. The van der Waals surface area contributed by atoms with Gasteiger partial charge in [0.1, 0.15) is 11.5 Å². The van der Waals surface area contributed by atoms with E-state index in [0.29, 0.717) is 22.1 Å². The van der Waals surface area contributed by atoms with Gasteiger partial charge in [0.2, 0.25) is 0 Å². The van der Waals surface area contributed by atoms with Gasteiger partial charge in [-0.2, -0.15) is 0 Å². The molecule has 21 heavy (non-hydrogen) atoms. The summed E-state index contributed by atoms with van der Waals surface area (Å²) < 4.78 is 9.94. The molecule has 0 radical (unpaired) electrons. The Labute approximate surface area is 124 Å². The number of furan rings is 1. The topological polar surface area (TPSA) is 82.6 Å². The number of non-ortho nitro benzene ring substituents is 1. The molecule has 0 aliphatic rings. The van der Waals surface area contributed by atoms with E-state index in [-0.39, 0.29) is 5.69 Å². The third-order valence-corrected chi connectivity index (χ3v) is 2.97. The number of nitro groups is 1. The van der Waals surface area contributed by atoms with E-state index in [9.17, 15) is 14.9 Å². The normalized spacial score (nSPS) is 10.8. The Morgan fingerprint density at radius 3 is 2.81 bits per heavy atom. The molecule has 1 aromatic heterocycles. The Hall–Kier alpha value is -2.60. The lowest BCUT2D eigenvalue weighted by molar-refractivity contribution is -0.384. The summed E-state index contributed by atoms with van der Waals surface area (Å²) in [7, 11) is 1.27. The Kier molecular flexibility index (Phi) is 4.39. The molecule has 1 heterocycles. The Balaban J connectivity index is 2.33. The Bertz CT molecular complexity index is 720. The molecule has 0 unspecified atom stereocenters. The number of hydrogen-bond donors (Lipinski definition) is 0. The SMILES string of the molecule is COC(=O)/C=C/c1ccc(-c2cc([N+](=O)[O-])ccc2Cl)o1. The summed E-state index contributed by atoms with van der Waals surface area (Å²) in [5.41, 5.74) is 0.320. The van der Waals surface area contributed by atoms with Crippen molar-refractivity contribution in [3.05, 3.63) is 57.3 Å². The van der Waals surface area contributed by atoms with Gasteiger partial charge in [-0.3, -0.25) is 10.1 Å². The number of carbonyl (C=O) groups excluding carboxylic acids is 1. The van der Waals surface area contributed by atoms with E-state index < -0.39 is 10.9 Å². The zero-order valence-electron chi connectivity index (χ0n) is 10.9. The van der Waals surface area contributed by atoms with E-state index in [1.54, 1.807) is 12.1 Å². The molecule has 2 rings (SSSR count). The molecule has 0 N–H and O–H groups in total. The predicted octanol–water partition coefficient (Wildman–Crippen LogP) is 3.69. The molecule has 7 heteroatoms. The van der Waals surface area contributed by atoms with Crippen LogP contribution in [0.5, 0.6) is 0 Å². The molecular weight excluding hydrogens is 298 g/mol. The minimum atomic E-state index is -0.513. The van der Waals surface area contributed by atoms with E-state index in [1.165, 1.54) is 37.5 Å². The van der Waals surface area contributed by atoms with Gasteiger partial charge in [0, 0.05) is 23.8 Å². The summed E-state index contributed by atoms with van der Waals surface area (Å²) in [6.07, 6.45) is 2.64. The number of rotatable bonds is 4. The second kappa shape index (κ2) is 6.23. The number of hydrogen-bond acceptors (Lipinski definition) is 5. The minimum absolute atomic E-state index is 0.0857. The van der Waals surface area contributed by atoms with Gasteiger partial charge in [0.15, 0.2) is 0 Å². The largest absolute Gasteiger partial charge is 0.466 e. The van der Waals surface area contributed by atoms with Gasteiger partial charge in [-0.1, -0.05) is 11.6 Å². The van der Waals surface area contributed by atoms with E-state index in [1.807, 2.05) is 0 Å². The molecule has 0 bridgehead atoms. The molecular formula is C14H10ClNO5. The molecule has 1 aromatic carbocycles. The standard InChI is InChI=1S/C14H10ClNO5/c1-20-14(17)7-4-10-3-6-13(21-10)11-8-9(16(18)19)2-5-12(11)15/h2-8H,1H3/b7-4+. The van der Waals surface area contributed by atoms with Crippen molar-refractivity contribution in [3.8, 4) is 11.3 Å². The molecule has 108 valence electrons. The van der Waals surface area contributed by atoms with Crippen LogP contribution in [-0.4, -0.2) is 18.0 Å². The van der Waals surface area contributed by atoms with Crippen molar-refractivity contribution >= 4 is 29.3 Å². The highest BCUT2D eigenvalue weighted by molar-refractivity contribution is 6.33. The summed E-state index contributed by atoms with van der Waals surface area (Å²) in [4.78, 5) is 21.3. The highest BCUT2D eigenvalue weighted by Crippen LogP contribution is 2.32. The van der Waals surface area contributed by atoms with Crippen LogP contribution in [0.25, 0.3) is 17.4 Å². The first-order valence-electron chi connectivity index (χ1n) is 5.81. The van der Waals surface area contributed by atoms with E-state index in [0.717, 1.165) is 0 Å². The molecule has 0 aliphatic heterocycles. The maximum Gasteiger partial charge on any atom is 0.330 e. The molecule has 0 spiro atoms. The van der Waals surface area contributed by atoms with E-state index in [4.69, 9.17) is 16.0 Å². The van der Waals surface area contributed by atoms with Crippen molar-refractivity contribution in [1.29, 1.82) is 0 Å². The van der Waals surface area contributed by atoms with E-state index >= 15 is 0 Å². The fourth-order valence-electron chi connectivity index (χ4n) is 1.62. The number of nitro benzene ring substituents is 1. The lowest BCUT2D eigenvalue weighted by Crippen LogP contribution is -1.92. The first-order chi connectivity index (χ1) is 10.0. The zero-order chi connectivity index (χ0) is 15.4. The number of carbonyl (C=O) groups is 1. The summed E-state index contributed by atoms with van der Waals surface area (Å²) >= 11 is 6.02. The van der Waals surface area contributed by atoms with Crippen molar-refractivity contribution in [2.45, 2.75) is 0 Å². The molecule has 2 aromatic rings. The third-order valence-electron chi connectivity index (χ3n) is 2.64. The van der Waals surface area contributed by atoms with Gasteiger partial charge in [-0.15, -0.1) is 0 Å². The van der Waals surface area contributed by atoms with Crippen LogP contribution in [-0.2, 0) is 9.53 Å². The molecule has 6 nitrogen and oxygen atoms in total. The molecule has 0 saturated carbocycles. The number of nitrogens with zero attached hydrogens (tertiary/aromatic N) is 1. The number of ether oxygens (including phenoxy) is 1. The van der Waals surface area contributed by atoms with Crippen molar-refractivity contribution in [2.24, 2.45) is 0 Å². The molecule has 0 aliphatic carbocycles. The first kappa shape index (κ1) is 14.8. The second-order valence-corrected chi connectivity index (χ2v) is 4.39. The van der Waals surface area contributed by atoms with Gasteiger partial charge in [0.05, 0.1) is 17.1 Å². The van der Waals surface area contributed by atoms with Crippen molar-refractivity contribution < 1.29 is 18.9 Å². The first-order valence-corrected chi connectivity index (χ1v) is 6.19. The number of halogens is 1. The number of esters is 1. The third kappa shape index (κ3) is 3.49. The summed E-state index contributed by atoms with van der Waals surface area (Å²) in [6, 6.07) is 7.30. The highest BCUT2D eigenvalue weighted by Gasteiger charge is 2.13. The van der Waals surface area contributed by atoms with Gasteiger partial charge in [0.25, 0.3) is 5.69 Å². The fraction of sp³-hybridized carbons (Fsp3) is 0.0714. The van der Waals surface area contributed by atoms with E-state index in [2.05, 4.69) is 4.74 Å². The molecule has 0 amide bonds. The lowest BCUT2D eigenvalue weighted by atomic mass is 10.1. The average Bonchev–Trinajstić information content (AvgIpc) is 2.93. The van der Waals surface area contributed by atoms with Crippen LogP contribution >= 0.6 is 11.6 Å². The van der Waals surface area contributed by atoms with Gasteiger partial charge in [-0.25, -0.2) is 4.79 Å². The van der Waals surface area contributed by atoms with Crippen LogP contribution in [0.15, 0.2) is 40.8 Å². The summed E-state index contributed by atoms with van der Waals surface area (Å²) in [5.74, 6) is 0.257. The molecule has 0 atom stereocenters. The number of methoxy groups -OCH3 is 1. The Morgan fingerprint density at radius 1 is 1.38 bits per heavy atom. The van der Waals surface area contributed by atoms with Gasteiger partial charge >= 0.3 is 5.97 Å². The molecule has 0 saturated heterocycles. The van der Waals surface area contributed by atoms with Gasteiger partial charge in [-0.05, 0) is 24.3 Å². The van der Waals surface area contributed by atoms with Gasteiger partial charge < -0.3 is 9.15 Å². The summed E-state index contributed by atoms with van der Waals surface area (Å²) in [5, 5.41) is 11.1. The van der Waals surface area contributed by atoms with Crippen molar-refractivity contribution in [3.63, 3.8) is 0 Å². The van der Waals surface area contributed by atoms with Crippen LogP contribution in [0.4, 0.5) is 5.69 Å². The zero-order valence-corrected chi connectivity index (χ0v) is 11.7. The maximum absolute atomic E-state index is 11.0. The monoisotopic (exact) mass is 307 g/mol. The van der Waals surface area contributed by atoms with Crippen LogP contribution in [0.1, 0.15) is 5.76 Å². The average molecular weight is 308 g/mol. The van der Waals surface area contributed by atoms with Crippen LogP contribution in [0.2, 0.25) is 5.02 Å². The van der Waals surface area contributed by atoms with Crippen molar-refractivity contribution in [2.75, 3.05) is 7.11 Å². The van der Waals surface area contributed by atoms with Crippen LogP contribution < -0.4 is 0 Å². The second-order valence-electron chi connectivity index (χ2n) is 3.98. The predicted molar refractivity (Wildman–Crippen MR) is 76.9 cm³/mol. The van der Waals surface area contributed by atoms with Crippen molar-refractivity contribution in [1.82, 2.24) is 0 Å². The summed E-state index contributed by atoms with van der Waals surface area (Å²) in [6.45, 7) is 0. The lowest BCUT2D eigenvalue weighted by Gasteiger charge is -2.00. The van der Waals surface area contributed by atoms with Crippen LogP contribution in [0.3, 0.4) is 0 Å². The molecule has 0 fully saturated rings. The Morgan fingerprint density at radius 2 is 2.14 bits per heavy atom. The maximum atomic E-state index is 11.0. The smallest absolute Gasteiger partial charge is 0.330 e. The minimum Gasteiger partial charge on any atom is -0.466 e. The highest BCUT2D eigenvalue weighted by atomic mass is 35.5.